The van der Waals surface area contributed by atoms with Crippen molar-refractivity contribution in [3.8, 4) is 11.8 Å². The molecule has 0 spiro atoms. The van der Waals surface area contributed by atoms with Crippen LogP contribution in [0.1, 0.15) is 23.2 Å². The molecule has 15 heteroatoms. The molecule has 1 aromatic carbocycles. The Morgan fingerprint density at radius 3 is 2.06 bits per heavy atom. The number of aromatic nitrogens is 2. The summed E-state index contributed by atoms with van der Waals surface area (Å²) < 4.78 is 97.1. The van der Waals surface area contributed by atoms with Gasteiger partial charge in [-0.15, -0.1) is 0 Å². The van der Waals surface area contributed by atoms with Crippen molar-refractivity contribution >= 4 is 47.0 Å². The van der Waals surface area contributed by atoms with E-state index in [0.717, 1.165) is 6.34 Å². The Morgan fingerprint density at radius 1 is 1.18 bits per heavy atom. The van der Waals surface area contributed by atoms with E-state index in [2.05, 4.69) is 10.1 Å². The van der Waals surface area contributed by atoms with Gasteiger partial charge in [-0.25, -0.2) is 18.5 Å². The molecule has 0 amide bonds. The zero-order valence-electron chi connectivity index (χ0n) is 16.5. The molecule has 0 bridgehead atoms. The number of hydrogen-bond donors (Lipinski definition) is 0. The summed E-state index contributed by atoms with van der Waals surface area (Å²) in [6.07, 6.45) is -5.23. The second kappa shape index (κ2) is 7.92. The lowest BCUT2D eigenvalue weighted by atomic mass is 9.94. The van der Waals surface area contributed by atoms with E-state index in [1.807, 2.05) is 0 Å². The predicted molar refractivity (Wildman–Crippen MR) is 107 cm³/mol. The largest absolute Gasteiger partial charge is 0.416 e. The Kier molecular flexibility index (Phi) is 6.10. The second-order valence-electron chi connectivity index (χ2n) is 7.35. The van der Waals surface area contributed by atoms with Gasteiger partial charge in [-0.2, -0.15) is 32.3 Å². The predicted octanol–water partition coefficient (Wildman–Crippen LogP) is 6.40. The van der Waals surface area contributed by atoms with Gasteiger partial charge in [-0.3, -0.25) is 0 Å². The highest BCUT2D eigenvalue weighted by molar-refractivity contribution is 6.38. The van der Waals surface area contributed by atoms with Gasteiger partial charge >= 0.3 is 11.6 Å². The summed E-state index contributed by atoms with van der Waals surface area (Å²) in [5.74, 6) is -4.75. The summed E-state index contributed by atoms with van der Waals surface area (Å²) in [5.41, 5.74) is -6.94. The molecule has 1 saturated carbocycles. The number of rotatable bonds is 5. The fourth-order valence-corrected chi connectivity index (χ4v) is 4.21. The van der Waals surface area contributed by atoms with Crippen LogP contribution in [0, 0.1) is 11.3 Å². The number of nitriles is 1. The van der Waals surface area contributed by atoms with Crippen molar-refractivity contribution in [2.24, 2.45) is 4.99 Å². The van der Waals surface area contributed by atoms with E-state index in [0.29, 0.717) is 16.8 Å². The highest BCUT2D eigenvalue weighted by Gasteiger charge is 2.84. The first-order valence-electron chi connectivity index (χ1n) is 8.73. The monoisotopic (exact) mass is 535 g/mol. The fraction of sp³-hybridized carbons (Fsp3) is 0.389. The van der Waals surface area contributed by atoms with Gasteiger partial charge < -0.3 is 4.90 Å². The number of nitrogens with zero attached hydrogens (tertiary/aromatic N) is 5. The Labute approximate surface area is 196 Å². The molecule has 1 atom stereocenters. The molecule has 0 saturated heterocycles. The molecule has 1 aliphatic rings. The Balaban J connectivity index is 2.41. The summed E-state index contributed by atoms with van der Waals surface area (Å²) in [6.45, 7) is 0. The Hall–Kier alpha value is -2.23. The van der Waals surface area contributed by atoms with Gasteiger partial charge in [0.05, 0.1) is 27.5 Å². The van der Waals surface area contributed by atoms with Gasteiger partial charge in [-0.1, -0.05) is 23.2 Å². The van der Waals surface area contributed by atoms with E-state index in [1.54, 1.807) is 0 Å². The number of halogens is 10. The fourth-order valence-electron chi connectivity index (χ4n) is 3.27. The summed E-state index contributed by atoms with van der Waals surface area (Å²) >= 11 is 17.0. The first kappa shape index (κ1) is 25.4. The zero-order chi connectivity index (χ0) is 25.1. The molecule has 1 heterocycles. The average Bonchev–Trinajstić information content (AvgIpc) is 3.07. The molecule has 0 aliphatic heterocycles. The standard InChI is InChI=1S/C18H11Cl3F7N5/c1-32(2)7-30-14-12(15(18(21,27)28)6-16(15,22)23)11(5-29)31-33(14)13-9(19)3-8(4-10(13)20)17(24,25)26/h3-4,7H,6H2,1-2H3/b30-7-. The summed E-state index contributed by atoms with van der Waals surface area (Å²) in [6, 6.07) is 2.39. The molecule has 0 N–H and O–H groups in total. The van der Waals surface area contributed by atoms with Gasteiger partial charge in [0.1, 0.15) is 17.2 Å². The highest BCUT2D eigenvalue weighted by Crippen LogP contribution is 2.71. The van der Waals surface area contributed by atoms with E-state index in [1.165, 1.54) is 25.1 Å². The van der Waals surface area contributed by atoms with E-state index in [-0.39, 0.29) is 0 Å². The summed E-state index contributed by atoms with van der Waals surface area (Å²) in [4.78, 5) is 5.18. The maximum Gasteiger partial charge on any atom is 0.416 e. The van der Waals surface area contributed by atoms with Crippen molar-refractivity contribution in [1.82, 2.24) is 14.7 Å². The molecular weight excluding hydrogens is 526 g/mol. The van der Waals surface area contributed by atoms with Gasteiger partial charge in [0, 0.05) is 20.5 Å². The van der Waals surface area contributed by atoms with Crippen LogP contribution in [0.5, 0.6) is 0 Å². The van der Waals surface area contributed by atoms with Crippen LogP contribution in [0.2, 0.25) is 10.0 Å². The molecule has 1 fully saturated rings. The molecule has 5 nitrogen and oxygen atoms in total. The quantitative estimate of drug-likeness (QED) is 0.192. The lowest BCUT2D eigenvalue weighted by molar-refractivity contribution is -0.137. The van der Waals surface area contributed by atoms with Crippen LogP contribution >= 0.6 is 34.8 Å². The lowest BCUT2D eigenvalue weighted by Crippen LogP contribution is -2.34. The summed E-state index contributed by atoms with van der Waals surface area (Å²) in [5, 5.41) is 7.35. The second-order valence-corrected chi connectivity index (χ2v) is 8.64. The van der Waals surface area contributed by atoms with Crippen molar-refractivity contribution in [1.29, 1.82) is 5.26 Å². The third kappa shape index (κ3) is 4.11. The minimum atomic E-state index is -4.83. The van der Waals surface area contributed by atoms with Crippen LogP contribution in [0.25, 0.3) is 5.69 Å². The van der Waals surface area contributed by atoms with Gasteiger partial charge in [0.15, 0.2) is 11.5 Å². The molecule has 178 valence electrons. The van der Waals surface area contributed by atoms with Crippen molar-refractivity contribution in [2.45, 2.75) is 29.3 Å². The Morgan fingerprint density at radius 2 is 1.70 bits per heavy atom. The third-order valence-electron chi connectivity index (χ3n) is 4.83. The van der Waals surface area contributed by atoms with Crippen molar-refractivity contribution in [3.05, 3.63) is 39.0 Å². The van der Waals surface area contributed by atoms with Crippen LogP contribution in [0.4, 0.5) is 36.6 Å². The molecular formula is C18H11Cl3F7N5. The first-order valence-corrected chi connectivity index (χ1v) is 9.86. The van der Waals surface area contributed by atoms with Crippen LogP contribution in [0.15, 0.2) is 17.1 Å². The van der Waals surface area contributed by atoms with E-state index in [9.17, 15) is 36.0 Å². The number of benzene rings is 1. The third-order valence-corrected chi connectivity index (χ3v) is 5.73. The van der Waals surface area contributed by atoms with Gasteiger partial charge in [0.2, 0.25) is 0 Å². The van der Waals surface area contributed by atoms with Gasteiger partial charge in [0.25, 0.3) is 5.92 Å². The number of hydrogen-bond acceptors (Lipinski definition) is 3. The zero-order valence-corrected chi connectivity index (χ0v) is 18.7. The van der Waals surface area contributed by atoms with Crippen LogP contribution in [0.3, 0.4) is 0 Å². The highest BCUT2D eigenvalue weighted by atomic mass is 35.5. The minimum absolute atomic E-state index is 0.479. The molecule has 2 aromatic rings. The van der Waals surface area contributed by atoms with Crippen LogP contribution < -0.4 is 0 Å². The van der Waals surface area contributed by atoms with Crippen LogP contribution in [-0.2, 0) is 11.6 Å². The number of alkyl halides is 8. The van der Waals surface area contributed by atoms with E-state index >= 15 is 0 Å². The molecule has 1 unspecified atom stereocenters. The van der Waals surface area contributed by atoms with Crippen molar-refractivity contribution in [3.63, 3.8) is 0 Å². The lowest BCUT2D eigenvalue weighted by Gasteiger charge is -2.22. The number of aliphatic imine (C=N–C) groups is 1. The average molecular weight is 537 g/mol. The van der Waals surface area contributed by atoms with Crippen molar-refractivity contribution < 1.29 is 30.7 Å². The van der Waals surface area contributed by atoms with Crippen LogP contribution in [-0.4, -0.2) is 46.4 Å². The van der Waals surface area contributed by atoms with Gasteiger partial charge in [-0.05, 0) is 23.7 Å². The maximum atomic E-state index is 14.3. The molecule has 0 radical (unpaired) electrons. The first-order chi connectivity index (χ1) is 15.0. The SMILES string of the molecule is CN(C)/C=N\c1c(C2(C(F)(F)Cl)CC2(F)F)c(C#N)nn1-c1c(Cl)cc(C(F)(F)F)cc1Cl. The van der Waals surface area contributed by atoms with E-state index in [4.69, 9.17) is 34.8 Å². The molecule has 1 aromatic heterocycles. The molecule has 3 rings (SSSR count). The smallest absolute Gasteiger partial charge is 0.369 e. The van der Waals surface area contributed by atoms with Crippen molar-refractivity contribution in [2.75, 3.05) is 14.1 Å². The molecule has 33 heavy (non-hydrogen) atoms. The summed E-state index contributed by atoms with van der Waals surface area (Å²) in [7, 11) is 2.93. The normalized spacial score (nSPS) is 20.2. The molecule has 1 aliphatic carbocycles. The minimum Gasteiger partial charge on any atom is -0.369 e. The van der Waals surface area contributed by atoms with E-state index < -0.39 is 67.7 Å². The maximum absolute atomic E-state index is 14.3. The Bertz CT molecular complexity index is 1150. The topological polar surface area (TPSA) is 57.2 Å².